The summed E-state index contributed by atoms with van der Waals surface area (Å²) in [6, 6.07) is 6.92. The van der Waals surface area contributed by atoms with Gasteiger partial charge in [-0.2, -0.15) is 5.26 Å². The Morgan fingerprint density at radius 2 is 2.30 bits per heavy atom. The summed E-state index contributed by atoms with van der Waals surface area (Å²) in [5.74, 6) is -0.814. The zero-order valence-corrected chi connectivity index (χ0v) is 16.0. The van der Waals surface area contributed by atoms with Crippen LogP contribution in [0, 0.1) is 17.1 Å². The molecule has 3 aromatic rings. The highest BCUT2D eigenvalue weighted by atomic mass is 19.1. The first-order valence-corrected chi connectivity index (χ1v) is 9.68. The maximum absolute atomic E-state index is 15.2. The van der Waals surface area contributed by atoms with Gasteiger partial charge in [-0.15, -0.1) is 0 Å². The van der Waals surface area contributed by atoms with E-state index in [1.807, 2.05) is 16.7 Å². The Hall–Kier alpha value is -3.48. The lowest BCUT2D eigenvalue weighted by Crippen LogP contribution is -2.48. The van der Waals surface area contributed by atoms with Crippen LogP contribution in [0.3, 0.4) is 0 Å². The minimum atomic E-state index is -0.540. The van der Waals surface area contributed by atoms with Gasteiger partial charge >= 0.3 is 0 Å². The summed E-state index contributed by atoms with van der Waals surface area (Å²) >= 11 is 0. The van der Waals surface area contributed by atoms with Crippen LogP contribution in [0.1, 0.15) is 27.9 Å². The Kier molecular flexibility index (Phi) is 4.38. The maximum atomic E-state index is 15.2. The van der Waals surface area contributed by atoms with Crippen molar-refractivity contribution in [3.8, 4) is 17.3 Å². The first kappa shape index (κ1) is 18.5. The fourth-order valence-electron chi connectivity index (χ4n) is 4.01. The number of halogens is 1. The topological polar surface area (TPSA) is 117 Å². The van der Waals surface area contributed by atoms with Gasteiger partial charge in [-0.05, 0) is 24.6 Å². The number of anilines is 1. The second-order valence-electron chi connectivity index (χ2n) is 7.53. The van der Waals surface area contributed by atoms with Gasteiger partial charge in [0.15, 0.2) is 11.6 Å². The molecule has 0 radical (unpaired) electrons. The first-order chi connectivity index (χ1) is 14.5. The number of nitrogens with one attached hydrogen (secondary N) is 2. The van der Waals surface area contributed by atoms with Crippen LogP contribution in [-0.4, -0.2) is 40.6 Å². The van der Waals surface area contributed by atoms with Gasteiger partial charge in [-0.3, -0.25) is 4.79 Å². The largest absolute Gasteiger partial charge is 0.380 e. The Morgan fingerprint density at radius 3 is 3.10 bits per heavy atom. The average molecular weight is 406 g/mol. The van der Waals surface area contributed by atoms with Crippen molar-refractivity contribution in [2.24, 2.45) is 5.73 Å². The van der Waals surface area contributed by atoms with E-state index in [9.17, 15) is 4.79 Å². The molecule has 2 unspecified atom stereocenters. The molecule has 1 fully saturated rings. The highest BCUT2D eigenvalue weighted by Crippen LogP contribution is 2.34. The average Bonchev–Trinajstić information content (AvgIpc) is 3.35. The quantitative estimate of drug-likeness (QED) is 0.610. The Labute approximate surface area is 171 Å². The number of ether oxygens (including phenoxy) is 1. The molecule has 5 rings (SSSR count). The van der Waals surface area contributed by atoms with Gasteiger partial charge < -0.3 is 25.5 Å². The van der Waals surface area contributed by atoms with Crippen molar-refractivity contribution in [1.29, 1.82) is 5.26 Å². The molecule has 1 amide bonds. The third kappa shape index (κ3) is 2.98. The molecule has 2 aliphatic heterocycles. The van der Waals surface area contributed by atoms with Crippen molar-refractivity contribution in [3.05, 3.63) is 53.1 Å². The number of carbonyl (C=O) groups excluding carboxylic acids is 1. The summed E-state index contributed by atoms with van der Waals surface area (Å²) < 4.78 is 22.4. The Balaban J connectivity index is 1.63. The summed E-state index contributed by atoms with van der Waals surface area (Å²) in [5.41, 5.74) is 9.01. The summed E-state index contributed by atoms with van der Waals surface area (Å²) in [4.78, 5) is 17.0. The fraction of sp³-hybridized carbons (Fsp3) is 0.286. The number of pyridine rings is 2. The van der Waals surface area contributed by atoms with Gasteiger partial charge in [-0.25, -0.2) is 9.37 Å². The van der Waals surface area contributed by atoms with E-state index in [2.05, 4.69) is 21.7 Å². The molecule has 152 valence electrons. The van der Waals surface area contributed by atoms with Gasteiger partial charge in [0.2, 0.25) is 0 Å². The van der Waals surface area contributed by atoms with Crippen LogP contribution in [0.5, 0.6) is 0 Å². The van der Waals surface area contributed by atoms with Crippen LogP contribution < -0.4 is 16.4 Å². The third-order valence-electron chi connectivity index (χ3n) is 5.61. The number of aromatic nitrogens is 2. The number of hydrogen-bond donors (Lipinski definition) is 3. The monoisotopic (exact) mass is 406 g/mol. The molecule has 0 aromatic carbocycles. The van der Waals surface area contributed by atoms with E-state index in [0.29, 0.717) is 42.0 Å². The number of carbonyl (C=O) groups is 1. The molecule has 0 aliphatic carbocycles. The van der Waals surface area contributed by atoms with Crippen molar-refractivity contribution in [1.82, 2.24) is 14.7 Å². The molecular formula is C21H19FN6O2. The van der Waals surface area contributed by atoms with Crippen LogP contribution in [-0.2, 0) is 11.3 Å². The normalized spacial score (nSPS) is 20.6. The number of rotatable bonds is 3. The lowest BCUT2D eigenvalue weighted by atomic mass is 10.0. The summed E-state index contributed by atoms with van der Waals surface area (Å²) in [6.45, 7) is 1.04. The fourth-order valence-corrected chi connectivity index (χ4v) is 4.01. The Morgan fingerprint density at radius 1 is 1.43 bits per heavy atom. The second kappa shape index (κ2) is 7.09. The maximum Gasteiger partial charge on any atom is 0.254 e. The molecule has 30 heavy (non-hydrogen) atoms. The molecular weight excluding hydrogens is 387 g/mol. The SMILES string of the molecule is N#Cc1ccn2cc(-c3nc(NC4CCOCC4N)c(F)c4c3C(=O)NC4)cc2c1. The molecule has 5 heterocycles. The second-order valence-corrected chi connectivity index (χ2v) is 7.53. The first-order valence-electron chi connectivity index (χ1n) is 9.68. The van der Waals surface area contributed by atoms with Crippen LogP contribution in [0.4, 0.5) is 10.2 Å². The molecule has 0 spiro atoms. The molecule has 9 heteroatoms. The van der Waals surface area contributed by atoms with Crippen molar-refractivity contribution in [3.63, 3.8) is 0 Å². The molecule has 0 saturated carbocycles. The van der Waals surface area contributed by atoms with Crippen molar-refractivity contribution in [2.45, 2.75) is 25.0 Å². The highest BCUT2D eigenvalue weighted by molar-refractivity contribution is 6.04. The molecule has 4 N–H and O–H groups in total. The van der Waals surface area contributed by atoms with E-state index in [4.69, 9.17) is 15.7 Å². The minimum Gasteiger partial charge on any atom is -0.380 e. The lowest BCUT2D eigenvalue weighted by Gasteiger charge is -2.30. The lowest BCUT2D eigenvalue weighted by molar-refractivity contribution is 0.0751. The van der Waals surface area contributed by atoms with E-state index >= 15 is 4.39 Å². The number of nitrogens with two attached hydrogens (primary N) is 1. The minimum absolute atomic E-state index is 0.0792. The molecule has 2 atom stereocenters. The predicted octanol–water partition coefficient (Wildman–Crippen LogP) is 1.78. The summed E-state index contributed by atoms with van der Waals surface area (Å²) in [7, 11) is 0. The molecule has 8 nitrogen and oxygen atoms in total. The smallest absolute Gasteiger partial charge is 0.254 e. The van der Waals surface area contributed by atoms with Gasteiger partial charge in [-0.1, -0.05) is 0 Å². The van der Waals surface area contributed by atoms with Gasteiger partial charge in [0, 0.05) is 54.3 Å². The number of nitrogens with zero attached hydrogens (tertiary/aromatic N) is 3. The van der Waals surface area contributed by atoms with Crippen molar-refractivity contribution < 1.29 is 13.9 Å². The standard InChI is InChI=1S/C21H19FN6O2/c22-18-14-8-25-21(29)17(14)19(27-20(18)26-16-2-4-30-10-15(16)24)12-6-13-5-11(7-23)1-3-28(13)9-12/h1,3,5-6,9,15-16H,2,4,8,10,24H2,(H,25,29)(H,26,27). The summed E-state index contributed by atoms with van der Waals surface area (Å²) in [5, 5.41) is 14.9. The molecule has 3 aromatic heterocycles. The van der Waals surface area contributed by atoms with Gasteiger partial charge in [0.05, 0.1) is 29.5 Å². The van der Waals surface area contributed by atoms with Gasteiger partial charge in [0.25, 0.3) is 5.91 Å². The molecule has 1 saturated heterocycles. The Bertz CT molecular complexity index is 1210. The van der Waals surface area contributed by atoms with Gasteiger partial charge in [0.1, 0.15) is 0 Å². The molecule has 2 aliphatic rings. The zero-order valence-electron chi connectivity index (χ0n) is 16.0. The van der Waals surface area contributed by atoms with Crippen LogP contribution >= 0.6 is 0 Å². The predicted molar refractivity (Wildman–Crippen MR) is 107 cm³/mol. The number of amides is 1. The third-order valence-corrected chi connectivity index (χ3v) is 5.61. The van der Waals surface area contributed by atoms with Crippen LogP contribution in [0.15, 0.2) is 30.6 Å². The number of hydrogen-bond acceptors (Lipinski definition) is 6. The highest BCUT2D eigenvalue weighted by Gasteiger charge is 2.32. The molecule has 0 bridgehead atoms. The zero-order chi connectivity index (χ0) is 20.8. The van der Waals surface area contributed by atoms with Crippen LogP contribution in [0.25, 0.3) is 16.8 Å². The number of fused-ring (bicyclic) bond motifs is 2. The van der Waals surface area contributed by atoms with E-state index in [1.54, 1.807) is 18.3 Å². The summed E-state index contributed by atoms with van der Waals surface area (Å²) in [6.07, 6.45) is 4.22. The number of nitriles is 1. The van der Waals surface area contributed by atoms with E-state index in [1.165, 1.54) is 0 Å². The van der Waals surface area contributed by atoms with Crippen LogP contribution in [0.2, 0.25) is 0 Å². The van der Waals surface area contributed by atoms with E-state index in [-0.39, 0.29) is 35.9 Å². The van der Waals surface area contributed by atoms with Crippen molar-refractivity contribution in [2.75, 3.05) is 18.5 Å². The van der Waals surface area contributed by atoms with Crippen molar-refractivity contribution >= 4 is 17.2 Å². The van der Waals surface area contributed by atoms with E-state index in [0.717, 1.165) is 5.52 Å². The van der Waals surface area contributed by atoms with E-state index < -0.39 is 5.82 Å².